The van der Waals surface area contributed by atoms with Gasteiger partial charge in [0.25, 0.3) is 0 Å². The number of allylic oxidation sites excluding steroid dienone is 1. The van der Waals surface area contributed by atoms with Gasteiger partial charge in [0, 0.05) is 5.41 Å². The van der Waals surface area contributed by atoms with Gasteiger partial charge in [-0.2, -0.15) is 0 Å². The second-order valence-corrected chi connectivity index (χ2v) is 6.00. The molecule has 1 heteroatoms. The zero-order chi connectivity index (χ0) is 11.1. The predicted molar refractivity (Wildman–Crippen MR) is 63.6 cm³/mol. The van der Waals surface area contributed by atoms with E-state index in [1.165, 1.54) is 31.3 Å². The largest absolute Gasteiger partial charge is 0.392 e. The van der Waals surface area contributed by atoms with Gasteiger partial charge in [-0.05, 0) is 43.9 Å². The number of aliphatic hydroxyl groups excluding tert-OH is 1. The van der Waals surface area contributed by atoms with E-state index >= 15 is 0 Å². The fourth-order valence-electron chi connectivity index (χ4n) is 3.34. The molecule has 0 amide bonds. The Morgan fingerprint density at radius 1 is 1.47 bits per heavy atom. The molecule has 0 spiro atoms. The number of aliphatic hydroxyl groups is 1. The maximum Gasteiger partial charge on any atom is 0.0631 e. The van der Waals surface area contributed by atoms with Crippen LogP contribution >= 0.6 is 0 Å². The maximum atomic E-state index is 10.2. The van der Waals surface area contributed by atoms with Crippen molar-refractivity contribution in [2.45, 2.75) is 59.0 Å². The highest BCUT2D eigenvalue weighted by molar-refractivity contribution is 5.22. The molecule has 0 aromatic carbocycles. The van der Waals surface area contributed by atoms with Crippen LogP contribution in [-0.4, -0.2) is 11.2 Å². The third kappa shape index (κ3) is 1.87. The molecule has 0 radical (unpaired) electrons. The minimum absolute atomic E-state index is 0.0981. The summed E-state index contributed by atoms with van der Waals surface area (Å²) < 4.78 is 0. The van der Waals surface area contributed by atoms with Crippen molar-refractivity contribution in [1.82, 2.24) is 0 Å². The van der Waals surface area contributed by atoms with Crippen molar-refractivity contribution >= 4 is 0 Å². The van der Waals surface area contributed by atoms with Gasteiger partial charge in [0.15, 0.2) is 0 Å². The first-order valence-electron chi connectivity index (χ1n) is 6.41. The molecular formula is C14H24O. The lowest BCUT2D eigenvalue weighted by Gasteiger charge is -2.46. The van der Waals surface area contributed by atoms with Crippen molar-refractivity contribution in [2.75, 3.05) is 0 Å². The molecule has 1 nitrogen and oxygen atoms in total. The van der Waals surface area contributed by atoms with E-state index in [9.17, 15) is 5.11 Å². The molecule has 1 saturated carbocycles. The third-order valence-corrected chi connectivity index (χ3v) is 4.69. The van der Waals surface area contributed by atoms with Gasteiger partial charge < -0.3 is 5.11 Å². The zero-order valence-electron chi connectivity index (χ0n) is 10.3. The summed E-state index contributed by atoms with van der Waals surface area (Å²) in [5.74, 6) is 1.51. The van der Waals surface area contributed by atoms with E-state index in [-0.39, 0.29) is 11.5 Å². The second-order valence-electron chi connectivity index (χ2n) is 6.00. The van der Waals surface area contributed by atoms with Gasteiger partial charge in [-0.15, -0.1) is 0 Å². The van der Waals surface area contributed by atoms with Crippen LogP contribution in [0.25, 0.3) is 0 Å². The van der Waals surface area contributed by atoms with E-state index in [0.717, 1.165) is 18.3 Å². The summed E-state index contributed by atoms with van der Waals surface area (Å²) in [5, 5.41) is 10.2. The quantitative estimate of drug-likeness (QED) is 0.654. The SMILES string of the molecule is CC(C)[C@@H]1CC=C2CCC[C@@H](O)[C@]2(C)C1. The fraction of sp³-hybridized carbons (Fsp3) is 0.857. The Morgan fingerprint density at radius 3 is 2.87 bits per heavy atom. The van der Waals surface area contributed by atoms with E-state index in [0.29, 0.717) is 0 Å². The van der Waals surface area contributed by atoms with Gasteiger partial charge in [-0.25, -0.2) is 0 Å². The van der Waals surface area contributed by atoms with Crippen molar-refractivity contribution in [1.29, 1.82) is 0 Å². The lowest BCUT2D eigenvalue weighted by molar-refractivity contribution is 0.00976. The van der Waals surface area contributed by atoms with Crippen LogP contribution < -0.4 is 0 Å². The van der Waals surface area contributed by atoms with Crippen LogP contribution in [-0.2, 0) is 0 Å². The molecule has 0 saturated heterocycles. The fourth-order valence-corrected chi connectivity index (χ4v) is 3.34. The van der Waals surface area contributed by atoms with E-state index in [2.05, 4.69) is 26.8 Å². The van der Waals surface area contributed by atoms with Gasteiger partial charge in [0.05, 0.1) is 6.10 Å². The van der Waals surface area contributed by atoms with Gasteiger partial charge >= 0.3 is 0 Å². The van der Waals surface area contributed by atoms with Crippen molar-refractivity contribution in [3.63, 3.8) is 0 Å². The Hall–Kier alpha value is -0.300. The first-order chi connectivity index (χ1) is 7.04. The van der Waals surface area contributed by atoms with E-state index in [4.69, 9.17) is 0 Å². The molecule has 0 aromatic rings. The average Bonchev–Trinajstić information content (AvgIpc) is 2.19. The van der Waals surface area contributed by atoms with Gasteiger partial charge in [0.2, 0.25) is 0 Å². The molecule has 2 aliphatic carbocycles. The molecule has 0 bridgehead atoms. The molecule has 15 heavy (non-hydrogen) atoms. The highest BCUT2D eigenvalue weighted by atomic mass is 16.3. The van der Waals surface area contributed by atoms with Crippen LogP contribution in [0.1, 0.15) is 52.9 Å². The predicted octanol–water partition coefficient (Wildman–Crippen LogP) is 3.53. The number of hydrogen-bond donors (Lipinski definition) is 1. The number of fused-ring (bicyclic) bond motifs is 1. The normalized spacial score (nSPS) is 41.3. The van der Waals surface area contributed by atoms with E-state index in [1.54, 1.807) is 0 Å². The Morgan fingerprint density at radius 2 is 2.20 bits per heavy atom. The molecule has 86 valence electrons. The first-order valence-corrected chi connectivity index (χ1v) is 6.41. The number of hydrogen-bond acceptors (Lipinski definition) is 1. The highest BCUT2D eigenvalue weighted by Gasteiger charge is 2.43. The van der Waals surface area contributed by atoms with Crippen LogP contribution in [0.4, 0.5) is 0 Å². The van der Waals surface area contributed by atoms with E-state index in [1.807, 2.05) is 0 Å². The Balaban J connectivity index is 2.22. The molecule has 0 heterocycles. The summed E-state index contributed by atoms with van der Waals surface area (Å²) in [6.07, 6.45) is 8.15. The average molecular weight is 208 g/mol. The summed E-state index contributed by atoms with van der Waals surface area (Å²) in [6.45, 7) is 6.89. The Kier molecular flexibility index (Phi) is 2.94. The zero-order valence-corrected chi connectivity index (χ0v) is 10.3. The first kappa shape index (κ1) is 11.2. The lowest BCUT2D eigenvalue weighted by Crippen LogP contribution is -2.41. The lowest BCUT2D eigenvalue weighted by atomic mass is 9.60. The smallest absolute Gasteiger partial charge is 0.0631 e. The minimum atomic E-state index is -0.0981. The van der Waals surface area contributed by atoms with Crippen molar-refractivity contribution in [3.05, 3.63) is 11.6 Å². The van der Waals surface area contributed by atoms with Crippen LogP contribution in [0.3, 0.4) is 0 Å². The summed E-state index contributed by atoms with van der Waals surface area (Å²) >= 11 is 0. The minimum Gasteiger partial charge on any atom is -0.392 e. The molecule has 2 rings (SSSR count). The molecule has 0 aromatic heterocycles. The number of rotatable bonds is 1. The van der Waals surface area contributed by atoms with Crippen LogP contribution in [0, 0.1) is 17.3 Å². The molecule has 1 fully saturated rings. The molecule has 0 aliphatic heterocycles. The third-order valence-electron chi connectivity index (χ3n) is 4.69. The topological polar surface area (TPSA) is 20.2 Å². The monoisotopic (exact) mass is 208 g/mol. The van der Waals surface area contributed by atoms with Crippen LogP contribution in [0.5, 0.6) is 0 Å². The Bertz CT molecular complexity index is 267. The van der Waals surface area contributed by atoms with Gasteiger partial charge in [-0.1, -0.05) is 32.4 Å². The molecule has 1 N–H and O–H groups in total. The summed E-state index contributed by atoms with van der Waals surface area (Å²) in [6, 6.07) is 0. The standard InChI is InChI=1S/C14H24O/c1-10(2)11-7-8-12-5-4-6-13(15)14(12,3)9-11/h8,10-11,13,15H,4-7,9H2,1-3H3/t11-,13-,14-/m1/s1. The van der Waals surface area contributed by atoms with E-state index < -0.39 is 0 Å². The molecular weight excluding hydrogens is 184 g/mol. The summed E-state index contributed by atoms with van der Waals surface area (Å²) in [4.78, 5) is 0. The summed E-state index contributed by atoms with van der Waals surface area (Å²) in [5.41, 5.74) is 1.64. The van der Waals surface area contributed by atoms with Gasteiger partial charge in [0.1, 0.15) is 0 Å². The second kappa shape index (κ2) is 3.93. The van der Waals surface area contributed by atoms with Crippen LogP contribution in [0.15, 0.2) is 11.6 Å². The van der Waals surface area contributed by atoms with Crippen LogP contribution in [0.2, 0.25) is 0 Å². The highest BCUT2D eigenvalue weighted by Crippen LogP contribution is 2.50. The Labute approximate surface area is 93.6 Å². The van der Waals surface area contributed by atoms with Crippen molar-refractivity contribution < 1.29 is 5.11 Å². The van der Waals surface area contributed by atoms with Crippen molar-refractivity contribution in [3.8, 4) is 0 Å². The van der Waals surface area contributed by atoms with Gasteiger partial charge in [-0.3, -0.25) is 0 Å². The molecule has 3 atom stereocenters. The van der Waals surface area contributed by atoms with Crippen molar-refractivity contribution in [2.24, 2.45) is 17.3 Å². The molecule has 2 aliphatic rings. The summed E-state index contributed by atoms with van der Waals surface area (Å²) in [7, 11) is 0. The maximum absolute atomic E-state index is 10.2. The molecule has 0 unspecified atom stereocenters.